The molecule has 0 aromatic carbocycles. The van der Waals surface area contributed by atoms with Crippen LogP contribution in [0.1, 0.15) is 6.92 Å². The first-order valence-corrected chi connectivity index (χ1v) is 2.63. The highest BCUT2D eigenvalue weighted by Crippen LogP contribution is 1.87. The molecule has 0 aromatic heterocycles. The lowest BCUT2D eigenvalue weighted by Crippen LogP contribution is -2.26. The first-order valence-electron chi connectivity index (χ1n) is 1.96. The summed E-state index contributed by atoms with van der Waals surface area (Å²) < 4.78 is 0. The van der Waals surface area contributed by atoms with Gasteiger partial charge in [0.15, 0.2) is 0 Å². The summed E-state index contributed by atoms with van der Waals surface area (Å²) in [7, 11) is 2.59. The highest BCUT2D eigenvalue weighted by atomic mass is 31.0. The van der Waals surface area contributed by atoms with E-state index in [0.29, 0.717) is 12.5 Å². The molecule has 0 spiro atoms. The van der Waals surface area contributed by atoms with Crippen LogP contribution in [-0.2, 0) is 0 Å². The maximum atomic E-state index is 5.11. The molecule has 0 saturated carbocycles. The highest BCUT2D eigenvalue weighted by Gasteiger charge is 1.82. The summed E-state index contributed by atoms with van der Waals surface area (Å²) in [5.41, 5.74) is 5.11. The van der Waals surface area contributed by atoms with Gasteiger partial charge in [-0.3, -0.25) is 5.32 Å². The van der Waals surface area contributed by atoms with Gasteiger partial charge < -0.3 is 5.73 Å². The maximum absolute atomic E-state index is 5.11. The Balaban J connectivity index is 2.63. The van der Waals surface area contributed by atoms with Crippen LogP contribution in [0.2, 0.25) is 0 Å². The van der Waals surface area contributed by atoms with Gasteiger partial charge in [-0.1, -0.05) is 0 Å². The van der Waals surface area contributed by atoms with E-state index in [9.17, 15) is 0 Å². The van der Waals surface area contributed by atoms with Crippen molar-refractivity contribution in [3.8, 4) is 0 Å². The van der Waals surface area contributed by atoms with Crippen molar-refractivity contribution in [3.05, 3.63) is 0 Å². The average Bonchev–Trinajstić information content (AvgIpc) is 1.35. The second kappa shape index (κ2) is 3.54. The van der Waals surface area contributed by atoms with Crippen LogP contribution < -0.4 is 11.1 Å². The molecule has 2 atom stereocenters. The third-order valence-electron chi connectivity index (χ3n) is 0.440. The molecule has 0 heterocycles. The first-order chi connectivity index (χ1) is 2.77. The van der Waals surface area contributed by atoms with Crippen molar-refractivity contribution in [1.29, 1.82) is 0 Å². The van der Waals surface area contributed by atoms with Crippen LogP contribution >= 0.6 is 9.24 Å². The van der Waals surface area contributed by atoms with E-state index in [4.69, 9.17) is 5.73 Å². The molecule has 0 aliphatic rings. The van der Waals surface area contributed by atoms with Gasteiger partial charge in [-0.05, 0) is 6.92 Å². The van der Waals surface area contributed by atoms with Crippen LogP contribution in [0.4, 0.5) is 0 Å². The third kappa shape index (κ3) is 4.35. The summed E-state index contributed by atoms with van der Waals surface area (Å²) in [5, 5.41) is 2.95. The molecule has 2 nitrogen and oxygen atoms in total. The van der Waals surface area contributed by atoms with Crippen LogP contribution in [0.3, 0.4) is 0 Å². The Labute approximate surface area is 40.7 Å². The molecule has 0 rings (SSSR count). The molecule has 3 N–H and O–H groups in total. The van der Waals surface area contributed by atoms with Crippen LogP contribution in [0.15, 0.2) is 0 Å². The van der Waals surface area contributed by atoms with Crippen molar-refractivity contribution in [3.63, 3.8) is 0 Å². The number of rotatable bonds is 2. The van der Waals surface area contributed by atoms with Crippen molar-refractivity contribution in [2.75, 3.05) is 6.67 Å². The summed E-state index contributed by atoms with van der Waals surface area (Å²) in [5.74, 6) is 0.440. The Hall–Kier alpha value is 0.350. The van der Waals surface area contributed by atoms with E-state index in [-0.39, 0.29) is 0 Å². The van der Waals surface area contributed by atoms with Crippen molar-refractivity contribution < 1.29 is 0 Å². The van der Waals surface area contributed by atoms with Gasteiger partial charge >= 0.3 is 0 Å². The molecular formula is C3H11N2P. The number of hydrogen-bond acceptors (Lipinski definition) is 2. The minimum Gasteiger partial charge on any atom is -0.318 e. The van der Waals surface area contributed by atoms with E-state index in [2.05, 4.69) is 14.6 Å². The van der Waals surface area contributed by atoms with Crippen LogP contribution in [0.5, 0.6) is 0 Å². The Morgan fingerprint density at radius 2 is 2.50 bits per heavy atom. The van der Waals surface area contributed by atoms with Gasteiger partial charge in [0.25, 0.3) is 0 Å². The van der Waals surface area contributed by atoms with Gasteiger partial charge in [-0.25, -0.2) is 0 Å². The molecular weight excluding hydrogens is 95.0 g/mol. The molecule has 0 aliphatic heterocycles. The zero-order valence-corrected chi connectivity index (χ0v) is 5.09. The van der Waals surface area contributed by atoms with Crippen molar-refractivity contribution in [2.24, 2.45) is 5.73 Å². The van der Waals surface area contributed by atoms with Crippen LogP contribution in [0, 0.1) is 0 Å². The van der Waals surface area contributed by atoms with Crippen molar-refractivity contribution >= 4 is 9.24 Å². The zero-order chi connectivity index (χ0) is 4.99. The summed E-state index contributed by atoms with van der Waals surface area (Å²) in [6, 6.07) is 0. The van der Waals surface area contributed by atoms with Crippen molar-refractivity contribution in [2.45, 2.75) is 12.7 Å². The van der Waals surface area contributed by atoms with Gasteiger partial charge in [0.1, 0.15) is 0 Å². The second-order valence-corrected chi connectivity index (χ2v) is 2.20. The zero-order valence-electron chi connectivity index (χ0n) is 3.94. The summed E-state index contributed by atoms with van der Waals surface area (Å²) in [4.78, 5) is 0. The van der Waals surface area contributed by atoms with E-state index in [1.54, 1.807) is 0 Å². The van der Waals surface area contributed by atoms with Gasteiger partial charge in [-0.2, -0.15) is 0 Å². The van der Waals surface area contributed by atoms with E-state index >= 15 is 0 Å². The van der Waals surface area contributed by atoms with E-state index in [0.717, 1.165) is 0 Å². The van der Waals surface area contributed by atoms with Gasteiger partial charge in [-0.15, -0.1) is 9.24 Å². The fraction of sp³-hybridized carbons (Fsp3) is 1.00. The molecule has 0 bridgehead atoms. The standard InChI is InChI=1S/C3H11N2P/c1-3(6)5-2-4/h3,5H,2,4,6H2,1H3. The highest BCUT2D eigenvalue weighted by molar-refractivity contribution is 7.17. The predicted octanol–water partition coefficient (Wildman–Crippen LogP) is -0.287. The quantitative estimate of drug-likeness (QED) is 0.375. The number of hydrogen-bond donors (Lipinski definition) is 2. The summed E-state index contributed by atoms with van der Waals surface area (Å²) in [6.07, 6.45) is 0. The van der Waals surface area contributed by atoms with E-state index in [1.807, 2.05) is 6.92 Å². The Morgan fingerprint density at radius 3 is 2.50 bits per heavy atom. The lowest BCUT2D eigenvalue weighted by atomic mass is 10.7. The predicted molar refractivity (Wildman–Crippen MR) is 31.4 cm³/mol. The molecule has 0 amide bonds. The fourth-order valence-electron chi connectivity index (χ4n) is 0.186. The van der Waals surface area contributed by atoms with Gasteiger partial charge in [0.2, 0.25) is 0 Å². The number of nitrogens with one attached hydrogen (secondary N) is 1. The SMILES string of the molecule is CC(P)NCN. The topological polar surface area (TPSA) is 38.0 Å². The van der Waals surface area contributed by atoms with Crippen molar-refractivity contribution in [1.82, 2.24) is 5.32 Å². The normalized spacial score (nSPS) is 14.5. The number of nitrogens with two attached hydrogens (primary N) is 1. The first kappa shape index (κ1) is 6.35. The third-order valence-corrected chi connectivity index (χ3v) is 0.676. The minimum absolute atomic E-state index is 0.440. The van der Waals surface area contributed by atoms with Gasteiger partial charge in [0, 0.05) is 12.5 Å². The van der Waals surface area contributed by atoms with Crippen LogP contribution in [0.25, 0.3) is 0 Å². The molecule has 38 valence electrons. The lowest BCUT2D eigenvalue weighted by Gasteiger charge is -2.00. The molecule has 0 saturated heterocycles. The largest absolute Gasteiger partial charge is 0.318 e. The lowest BCUT2D eigenvalue weighted by molar-refractivity contribution is 0.703. The average molecular weight is 106 g/mol. The molecule has 0 aliphatic carbocycles. The second-order valence-electron chi connectivity index (χ2n) is 1.20. The van der Waals surface area contributed by atoms with Gasteiger partial charge in [0.05, 0.1) is 0 Å². The molecule has 0 fully saturated rings. The van der Waals surface area contributed by atoms with E-state index in [1.165, 1.54) is 0 Å². The fourth-order valence-corrected chi connectivity index (χ4v) is 0.322. The van der Waals surface area contributed by atoms with Crippen LogP contribution in [-0.4, -0.2) is 12.5 Å². The smallest absolute Gasteiger partial charge is 0.0433 e. The molecule has 2 unspecified atom stereocenters. The molecule has 0 radical (unpaired) electrons. The molecule has 6 heavy (non-hydrogen) atoms. The Morgan fingerprint density at radius 1 is 2.00 bits per heavy atom. The Kier molecular flexibility index (Phi) is 3.74. The monoisotopic (exact) mass is 106 g/mol. The van der Waals surface area contributed by atoms with E-state index < -0.39 is 0 Å². The minimum atomic E-state index is 0.440. The molecule has 3 heteroatoms. The maximum Gasteiger partial charge on any atom is 0.0433 e. The summed E-state index contributed by atoms with van der Waals surface area (Å²) in [6.45, 7) is 2.59. The Bertz CT molecular complexity index is 30.0. The summed E-state index contributed by atoms with van der Waals surface area (Å²) >= 11 is 0. The molecule has 0 aromatic rings.